The summed E-state index contributed by atoms with van der Waals surface area (Å²) in [5, 5.41) is 2.86. The van der Waals surface area contributed by atoms with Crippen molar-refractivity contribution < 1.29 is 18.7 Å². The lowest BCUT2D eigenvalue weighted by molar-refractivity contribution is -0.137. The van der Waals surface area contributed by atoms with E-state index >= 15 is 0 Å². The van der Waals surface area contributed by atoms with Crippen LogP contribution in [0.2, 0.25) is 0 Å². The summed E-state index contributed by atoms with van der Waals surface area (Å²) in [5.74, 6) is -0.0700. The molecule has 6 heteroatoms. The molecule has 0 aromatic heterocycles. The summed E-state index contributed by atoms with van der Waals surface area (Å²) < 4.78 is 18.5. The summed E-state index contributed by atoms with van der Waals surface area (Å²) in [5.41, 5.74) is 0. The third-order valence-corrected chi connectivity index (χ3v) is 3.86. The number of benzene rings is 1. The Morgan fingerprint density at radius 2 is 2.26 bits per heavy atom. The fourth-order valence-corrected chi connectivity index (χ4v) is 2.70. The van der Waals surface area contributed by atoms with Gasteiger partial charge in [0.25, 0.3) is 0 Å². The van der Waals surface area contributed by atoms with Crippen LogP contribution >= 0.6 is 0 Å². The van der Waals surface area contributed by atoms with E-state index in [4.69, 9.17) is 4.74 Å². The van der Waals surface area contributed by atoms with Crippen LogP contribution in [0.5, 0.6) is 5.75 Å². The molecule has 0 radical (unpaired) electrons. The minimum absolute atomic E-state index is 0.0377. The first-order valence-electron chi connectivity index (χ1n) is 7.99. The van der Waals surface area contributed by atoms with Crippen LogP contribution < -0.4 is 10.1 Å². The molecular weight excluding hydrogens is 299 g/mol. The van der Waals surface area contributed by atoms with Crippen LogP contribution in [0.4, 0.5) is 4.39 Å². The topological polar surface area (TPSA) is 58.6 Å². The Morgan fingerprint density at radius 3 is 2.87 bits per heavy atom. The van der Waals surface area contributed by atoms with Crippen LogP contribution in [0, 0.1) is 5.82 Å². The van der Waals surface area contributed by atoms with Gasteiger partial charge in [-0.25, -0.2) is 4.39 Å². The van der Waals surface area contributed by atoms with Crippen molar-refractivity contribution in [2.75, 3.05) is 13.2 Å². The number of amides is 2. The number of hydrogen-bond donors (Lipinski definition) is 1. The van der Waals surface area contributed by atoms with Gasteiger partial charge in [-0.05, 0) is 31.9 Å². The van der Waals surface area contributed by atoms with Crippen LogP contribution in [-0.2, 0) is 9.59 Å². The Kier molecular flexibility index (Phi) is 5.96. The smallest absolute Gasteiger partial charge is 0.243 e. The summed E-state index contributed by atoms with van der Waals surface area (Å²) in [7, 11) is 0. The third-order valence-electron chi connectivity index (χ3n) is 3.86. The molecular formula is C17H23FN2O3. The highest BCUT2D eigenvalue weighted by molar-refractivity contribution is 5.88. The van der Waals surface area contributed by atoms with Gasteiger partial charge in [-0.3, -0.25) is 9.59 Å². The van der Waals surface area contributed by atoms with Gasteiger partial charge in [-0.1, -0.05) is 13.0 Å². The summed E-state index contributed by atoms with van der Waals surface area (Å²) in [6.07, 6.45) is 1.90. The van der Waals surface area contributed by atoms with Crippen molar-refractivity contribution in [2.45, 2.75) is 45.2 Å². The first-order chi connectivity index (χ1) is 11.0. The van der Waals surface area contributed by atoms with Gasteiger partial charge in [0.1, 0.15) is 24.2 Å². The minimum atomic E-state index is -0.429. The molecule has 1 heterocycles. The fourth-order valence-electron chi connectivity index (χ4n) is 2.70. The number of nitrogens with zero attached hydrogens (tertiary/aromatic N) is 1. The van der Waals surface area contributed by atoms with E-state index in [1.165, 1.54) is 12.1 Å². The van der Waals surface area contributed by atoms with Gasteiger partial charge in [0, 0.05) is 19.0 Å². The van der Waals surface area contributed by atoms with Crippen molar-refractivity contribution in [3.05, 3.63) is 30.1 Å². The molecule has 1 saturated heterocycles. The minimum Gasteiger partial charge on any atom is -0.491 e. The molecule has 23 heavy (non-hydrogen) atoms. The Balaban J connectivity index is 1.84. The number of likely N-dealkylation sites (tertiary alicyclic amines) is 1. The van der Waals surface area contributed by atoms with Gasteiger partial charge in [-0.15, -0.1) is 0 Å². The molecule has 0 saturated carbocycles. The molecule has 1 fully saturated rings. The van der Waals surface area contributed by atoms with Gasteiger partial charge in [0.05, 0.1) is 6.04 Å². The van der Waals surface area contributed by atoms with E-state index in [0.717, 1.165) is 6.42 Å². The van der Waals surface area contributed by atoms with Crippen LogP contribution in [0.25, 0.3) is 0 Å². The number of hydrogen-bond acceptors (Lipinski definition) is 3. The predicted molar refractivity (Wildman–Crippen MR) is 84.5 cm³/mol. The second-order valence-corrected chi connectivity index (χ2v) is 5.79. The maximum Gasteiger partial charge on any atom is 0.243 e. The van der Waals surface area contributed by atoms with Crippen molar-refractivity contribution in [1.29, 1.82) is 0 Å². The van der Waals surface area contributed by atoms with E-state index in [0.29, 0.717) is 25.1 Å². The van der Waals surface area contributed by atoms with Gasteiger partial charge < -0.3 is 15.0 Å². The predicted octanol–water partition coefficient (Wildman–Crippen LogP) is 2.11. The lowest BCUT2D eigenvalue weighted by atomic mass is 10.1. The zero-order valence-electron chi connectivity index (χ0n) is 13.5. The standard InChI is InChI=1S/C17H23FN2O3/c1-3-15(20-9-5-8-16(20)21)17(22)19-12(2)11-23-14-7-4-6-13(18)10-14/h4,6-7,10,12,15H,3,5,8-9,11H2,1-2H3,(H,19,22)/t12-,15-/m1/s1. The summed E-state index contributed by atoms with van der Waals surface area (Å²) in [6, 6.07) is 5.21. The molecule has 1 aromatic carbocycles. The van der Waals surface area contributed by atoms with Crippen LogP contribution in [0.3, 0.4) is 0 Å². The number of ether oxygens (including phenoxy) is 1. The molecule has 1 aromatic rings. The number of carbonyl (C=O) groups excluding carboxylic acids is 2. The first-order valence-corrected chi connectivity index (χ1v) is 7.99. The Morgan fingerprint density at radius 1 is 1.48 bits per heavy atom. The molecule has 2 amide bonds. The van der Waals surface area contributed by atoms with Crippen LogP contribution in [0.15, 0.2) is 24.3 Å². The first kappa shape index (κ1) is 17.2. The van der Waals surface area contributed by atoms with E-state index in [2.05, 4.69) is 5.32 Å². The molecule has 0 unspecified atom stereocenters. The quantitative estimate of drug-likeness (QED) is 0.836. The molecule has 126 valence electrons. The molecule has 1 aliphatic heterocycles. The Labute approximate surface area is 135 Å². The van der Waals surface area contributed by atoms with Gasteiger partial charge in [0.2, 0.25) is 11.8 Å². The zero-order chi connectivity index (χ0) is 16.8. The second kappa shape index (κ2) is 7.94. The highest BCUT2D eigenvalue weighted by Gasteiger charge is 2.31. The normalized spacial score (nSPS) is 17.0. The number of halogens is 1. The average molecular weight is 322 g/mol. The highest BCUT2D eigenvalue weighted by atomic mass is 19.1. The summed E-state index contributed by atoms with van der Waals surface area (Å²) in [4.78, 5) is 25.8. The number of carbonyl (C=O) groups is 2. The number of rotatable bonds is 7. The van der Waals surface area contributed by atoms with Gasteiger partial charge >= 0.3 is 0 Å². The van der Waals surface area contributed by atoms with E-state index in [9.17, 15) is 14.0 Å². The van der Waals surface area contributed by atoms with Gasteiger partial charge in [-0.2, -0.15) is 0 Å². The van der Waals surface area contributed by atoms with Gasteiger partial charge in [0.15, 0.2) is 0 Å². The highest BCUT2D eigenvalue weighted by Crippen LogP contribution is 2.16. The Bertz CT molecular complexity index is 565. The maximum absolute atomic E-state index is 13.1. The SMILES string of the molecule is CC[C@H](C(=O)N[C@H](C)COc1cccc(F)c1)N1CCCC1=O. The largest absolute Gasteiger partial charge is 0.491 e. The van der Waals surface area contributed by atoms with Crippen molar-refractivity contribution in [3.63, 3.8) is 0 Å². The van der Waals surface area contributed by atoms with Crippen molar-refractivity contribution >= 4 is 11.8 Å². The average Bonchev–Trinajstić information content (AvgIpc) is 2.92. The van der Waals surface area contributed by atoms with E-state index in [1.54, 1.807) is 17.0 Å². The third kappa shape index (κ3) is 4.68. The van der Waals surface area contributed by atoms with Crippen LogP contribution in [-0.4, -0.2) is 41.9 Å². The van der Waals surface area contributed by atoms with Crippen molar-refractivity contribution in [2.24, 2.45) is 0 Å². The van der Waals surface area contributed by atoms with E-state index < -0.39 is 6.04 Å². The Hall–Kier alpha value is -2.11. The molecule has 0 aliphatic carbocycles. The fraction of sp³-hybridized carbons (Fsp3) is 0.529. The number of nitrogens with one attached hydrogen (secondary N) is 1. The monoisotopic (exact) mass is 322 g/mol. The van der Waals surface area contributed by atoms with Crippen molar-refractivity contribution in [3.8, 4) is 5.75 Å². The van der Waals surface area contributed by atoms with Crippen LogP contribution in [0.1, 0.15) is 33.1 Å². The summed E-state index contributed by atoms with van der Waals surface area (Å²) >= 11 is 0. The molecule has 2 atom stereocenters. The summed E-state index contributed by atoms with van der Waals surface area (Å²) in [6.45, 7) is 4.58. The molecule has 1 aliphatic rings. The molecule has 0 bridgehead atoms. The zero-order valence-corrected chi connectivity index (χ0v) is 13.5. The molecule has 2 rings (SSSR count). The molecule has 0 spiro atoms. The second-order valence-electron chi connectivity index (χ2n) is 5.79. The molecule has 5 nitrogen and oxygen atoms in total. The maximum atomic E-state index is 13.1. The van der Waals surface area contributed by atoms with E-state index in [1.807, 2.05) is 13.8 Å². The lowest BCUT2D eigenvalue weighted by Gasteiger charge is -2.27. The van der Waals surface area contributed by atoms with E-state index in [-0.39, 0.29) is 30.3 Å². The van der Waals surface area contributed by atoms with Crippen molar-refractivity contribution in [1.82, 2.24) is 10.2 Å². The lowest BCUT2D eigenvalue weighted by Crippen LogP contribution is -2.50. The molecule has 1 N–H and O–H groups in total.